The van der Waals surface area contributed by atoms with E-state index >= 15 is 0 Å². The van der Waals surface area contributed by atoms with Crippen molar-refractivity contribution in [3.63, 3.8) is 0 Å². The van der Waals surface area contributed by atoms with Crippen LogP contribution in [0.5, 0.6) is 11.6 Å². The van der Waals surface area contributed by atoms with Gasteiger partial charge < -0.3 is 20.1 Å². The zero-order valence-electron chi connectivity index (χ0n) is 14.3. The molecule has 1 fully saturated rings. The molecule has 132 valence electrons. The van der Waals surface area contributed by atoms with Crippen molar-refractivity contribution in [2.75, 3.05) is 25.1 Å². The number of hydrogen-bond donors (Lipinski definition) is 2. The molecule has 3 rings (SSSR count). The van der Waals surface area contributed by atoms with E-state index in [0.717, 1.165) is 18.7 Å². The number of ether oxygens (including phenoxy) is 2. The van der Waals surface area contributed by atoms with Gasteiger partial charge in [0.1, 0.15) is 5.75 Å². The molecule has 1 amide bonds. The lowest BCUT2D eigenvalue weighted by atomic mass is 10.2. The van der Waals surface area contributed by atoms with Crippen LogP contribution >= 0.6 is 0 Å². The number of nitrogens with one attached hydrogen (secondary N) is 2. The maximum absolute atomic E-state index is 12.1. The first-order chi connectivity index (χ1) is 12.2. The SMILES string of the molecule is CCc1cccc(Oc2ccc(NC(=O)CC3COCCN3)cn2)c1. The fourth-order valence-electron chi connectivity index (χ4n) is 2.65. The molecule has 1 aromatic heterocycles. The molecule has 1 aromatic carbocycles. The Morgan fingerprint density at radius 3 is 3.04 bits per heavy atom. The zero-order valence-corrected chi connectivity index (χ0v) is 14.3. The average Bonchev–Trinajstić information content (AvgIpc) is 2.64. The van der Waals surface area contributed by atoms with Crippen LogP contribution in [0.1, 0.15) is 18.9 Å². The van der Waals surface area contributed by atoms with Crippen molar-refractivity contribution in [1.82, 2.24) is 10.3 Å². The Hall–Kier alpha value is -2.44. The smallest absolute Gasteiger partial charge is 0.226 e. The largest absolute Gasteiger partial charge is 0.439 e. The minimum Gasteiger partial charge on any atom is -0.439 e. The molecule has 1 saturated heterocycles. The second-order valence-electron chi connectivity index (χ2n) is 5.97. The van der Waals surface area contributed by atoms with E-state index in [0.29, 0.717) is 31.2 Å². The molecular formula is C19H23N3O3. The summed E-state index contributed by atoms with van der Waals surface area (Å²) in [5.41, 5.74) is 1.86. The predicted octanol–water partition coefficient (Wildman–Crippen LogP) is 2.75. The summed E-state index contributed by atoms with van der Waals surface area (Å²) in [7, 11) is 0. The molecule has 0 bridgehead atoms. The van der Waals surface area contributed by atoms with Gasteiger partial charge in [0.25, 0.3) is 0 Å². The highest BCUT2D eigenvalue weighted by molar-refractivity contribution is 5.90. The maximum atomic E-state index is 12.1. The monoisotopic (exact) mass is 341 g/mol. The highest BCUT2D eigenvalue weighted by Crippen LogP contribution is 2.21. The summed E-state index contributed by atoms with van der Waals surface area (Å²) in [5, 5.41) is 6.11. The minimum atomic E-state index is -0.0610. The van der Waals surface area contributed by atoms with Crippen LogP contribution in [-0.2, 0) is 16.0 Å². The van der Waals surface area contributed by atoms with Crippen LogP contribution in [0, 0.1) is 0 Å². The van der Waals surface area contributed by atoms with Gasteiger partial charge in [-0.05, 0) is 30.2 Å². The second kappa shape index (κ2) is 8.60. The van der Waals surface area contributed by atoms with Crippen LogP contribution in [-0.4, -0.2) is 36.7 Å². The summed E-state index contributed by atoms with van der Waals surface area (Å²) in [6.07, 6.45) is 2.93. The molecule has 0 radical (unpaired) electrons. The van der Waals surface area contributed by atoms with E-state index in [-0.39, 0.29) is 11.9 Å². The third-order valence-electron chi connectivity index (χ3n) is 3.98. The van der Waals surface area contributed by atoms with Crippen LogP contribution in [0.25, 0.3) is 0 Å². The van der Waals surface area contributed by atoms with Gasteiger partial charge in [0.05, 0.1) is 25.1 Å². The van der Waals surface area contributed by atoms with Crippen LogP contribution in [0.3, 0.4) is 0 Å². The number of amides is 1. The lowest BCUT2D eigenvalue weighted by Gasteiger charge is -2.23. The van der Waals surface area contributed by atoms with Crippen molar-refractivity contribution in [3.8, 4) is 11.6 Å². The van der Waals surface area contributed by atoms with Gasteiger partial charge in [0, 0.05) is 25.1 Å². The number of anilines is 1. The van der Waals surface area contributed by atoms with Crippen molar-refractivity contribution >= 4 is 11.6 Å². The van der Waals surface area contributed by atoms with Crippen molar-refractivity contribution in [2.24, 2.45) is 0 Å². The van der Waals surface area contributed by atoms with Gasteiger partial charge in [-0.2, -0.15) is 0 Å². The summed E-state index contributed by atoms with van der Waals surface area (Å²) >= 11 is 0. The third-order valence-corrected chi connectivity index (χ3v) is 3.98. The van der Waals surface area contributed by atoms with E-state index in [9.17, 15) is 4.79 Å². The zero-order chi connectivity index (χ0) is 17.5. The molecule has 6 heteroatoms. The average molecular weight is 341 g/mol. The van der Waals surface area contributed by atoms with Gasteiger partial charge in [-0.3, -0.25) is 4.79 Å². The van der Waals surface area contributed by atoms with E-state index < -0.39 is 0 Å². The number of pyridine rings is 1. The van der Waals surface area contributed by atoms with Gasteiger partial charge in [-0.15, -0.1) is 0 Å². The van der Waals surface area contributed by atoms with Crippen LogP contribution in [0.15, 0.2) is 42.6 Å². The summed E-state index contributed by atoms with van der Waals surface area (Å²) in [6.45, 7) is 4.15. The molecule has 2 aromatic rings. The molecule has 0 spiro atoms. The summed E-state index contributed by atoms with van der Waals surface area (Å²) < 4.78 is 11.1. The number of rotatable bonds is 6. The lowest BCUT2D eigenvalue weighted by Crippen LogP contribution is -2.43. The topological polar surface area (TPSA) is 72.5 Å². The van der Waals surface area contributed by atoms with Crippen LogP contribution < -0.4 is 15.4 Å². The number of carbonyl (C=O) groups excluding carboxylic acids is 1. The molecule has 1 aliphatic heterocycles. The molecule has 1 unspecified atom stereocenters. The Labute approximate surface area is 147 Å². The molecule has 25 heavy (non-hydrogen) atoms. The summed E-state index contributed by atoms with van der Waals surface area (Å²) in [6, 6.07) is 11.5. The standard InChI is InChI=1S/C19H23N3O3/c1-2-14-4-3-5-17(10-14)25-19-7-6-15(12-21-19)22-18(23)11-16-13-24-9-8-20-16/h3-7,10,12,16,20H,2,8-9,11,13H2,1H3,(H,22,23). The molecule has 0 aliphatic carbocycles. The molecule has 1 atom stereocenters. The Balaban J connectivity index is 1.53. The minimum absolute atomic E-state index is 0.0610. The fraction of sp³-hybridized carbons (Fsp3) is 0.368. The van der Waals surface area contributed by atoms with E-state index in [4.69, 9.17) is 9.47 Å². The number of aryl methyl sites for hydroxylation is 1. The predicted molar refractivity (Wildman–Crippen MR) is 96.0 cm³/mol. The van der Waals surface area contributed by atoms with E-state index in [1.54, 1.807) is 18.3 Å². The van der Waals surface area contributed by atoms with Gasteiger partial charge in [0.2, 0.25) is 11.8 Å². The first-order valence-electron chi connectivity index (χ1n) is 8.57. The Kier molecular flexibility index (Phi) is 5.98. The van der Waals surface area contributed by atoms with Gasteiger partial charge in [-0.25, -0.2) is 4.98 Å². The summed E-state index contributed by atoms with van der Waals surface area (Å²) in [4.78, 5) is 16.3. The maximum Gasteiger partial charge on any atom is 0.226 e. The molecule has 0 saturated carbocycles. The number of carbonyl (C=O) groups is 1. The quantitative estimate of drug-likeness (QED) is 0.845. The first-order valence-corrected chi connectivity index (χ1v) is 8.57. The number of benzene rings is 1. The van der Waals surface area contributed by atoms with Gasteiger partial charge >= 0.3 is 0 Å². The molecule has 1 aliphatic rings. The molecule has 6 nitrogen and oxygen atoms in total. The normalized spacial score (nSPS) is 17.1. The Bertz CT molecular complexity index is 697. The van der Waals surface area contributed by atoms with Gasteiger partial charge in [-0.1, -0.05) is 19.1 Å². The molecule has 2 heterocycles. The molecular weight excluding hydrogens is 318 g/mol. The highest BCUT2D eigenvalue weighted by atomic mass is 16.5. The summed E-state index contributed by atoms with van der Waals surface area (Å²) in [5.74, 6) is 1.19. The van der Waals surface area contributed by atoms with E-state index in [2.05, 4.69) is 28.6 Å². The number of morpholine rings is 1. The third kappa shape index (κ3) is 5.27. The van der Waals surface area contributed by atoms with E-state index in [1.807, 2.05) is 18.2 Å². The molecule has 2 N–H and O–H groups in total. The fourth-order valence-corrected chi connectivity index (χ4v) is 2.65. The number of nitrogens with zero attached hydrogens (tertiary/aromatic N) is 1. The Morgan fingerprint density at radius 2 is 2.32 bits per heavy atom. The van der Waals surface area contributed by atoms with Crippen molar-refractivity contribution in [1.29, 1.82) is 0 Å². The van der Waals surface area contributed by atoms with E-state index in [1.165, 1.54) is 5.56 Å². The number of hydrogen-bond acceptors (Lipinski definition) is 5. The lowest BCUT2D eigenvalue weighted by molar-refractivity contribution is -0.117. The van der Waals surface area contributed by atoms with Crippen molar-refractivity contribution in [3.05, 3.63) is 48.2 Å². The second-order valence-corrected chi connectivity index (χ2v) is 5.97. The first kappa shape index (κ1) is 17.4. The van der Waals surface area contributed by atoms with Crippen LogP contribution in [0.4, 0.5) is 5.69 Å². The highest BCUT2D eigenvalue weighted by Gasteiger charge is 2.16. The Morgan fingerprint density at radius 1 is 1.40 bits per heavy atom. The van der Waals surface area contributed by atoms with Crippen molar-refractivity contribution < 1.29 is 14.3 Å². The van der Waals surface area contributed by atoms with Crippen LogP contribution in [0.2, 0.25) is 0 Å². The van der Waals surface area contributed by atoms with Gasteiger partial charge in [0.15, 0.2) is 0 Å². The van der Waals surface area contributed by atoms with Crippen molar-refractivity contribution in [2.45, 2.75) is 25.8 Å². The number of aromatic nitrogens is 1.